The van der Waals surface area contributed by atoms with Crippen LogP contribution in [-0.2, 0) is 9.53 Å². The van der Waals surface area contributed by atoms with E-state index in [4.69, 9.17) is 10.5 Å². The van der Waals surface area contributed by atoms with E-state index in [1.54, 1.807) is 11.8 Å². The molecule has 1 heterocycles. The van der Waals surface area contributed by atoms with E-state index in [0.29, 0.717) is 19.7 Å². The number of nitrogens with two attached hydrogens (primary N) is 1. The Balaban J connectivity index is 2.55. The number of nitrogens with zero attached hydrogens (tertiary/aromatic N) is 1. The van der Waals surface area contributed by atoms with E-state index in [9.17, 15) is 9.59 Å². The number of likely N-dealkylation sites (tertiary alicyclic amines) is 1. The fourth-order valence-corrected chi connectivity index (χ4v) is 2.13. The highest BCUT2D eigenvalue weighted by Gasteiger charge is 2.33. The topological polar surface area (TPSA) is 84.7 Å². The fraction of sp³-hybridized carbons (Fsp3) is 0.846. The predicted molar refractivity (Wildman–Crippen MR) is 72.6 cm³/mol. The molecule has 0 radical (unpaired) electrons. The second kappa shape index (κ2) is 6.75. The van der Waals surface area contributed by atoms with Crippen molar-refractivity contribution < 1.29 is 14.3 Å². The molecule has 0 bridgehead atoms. The number of hydrogen-bond acceptors (Lipinski definition) is 4. The highest BCUT2D eigenvalue weighted by molar-refractivity contribution is 5.82. The Morgan fingerprint density at radius 1 is 1.47 bits per heavy atom. The van der Waals surface area contributed by atoms with E-state index in [1.807, 2.05) is 13.8 Å². The Bertz CT molecular complexity index is 331. The van der Waals surface area contributed by atoms with Gasteiger partial charge in [-0.15, -0.1) is 0 Å². The van der Waals surface area contributed by atoms with Gasteiger partial charge >= 0.3 is 6.09 Å². The number of ether oxygens (including phenoxy) is 1. The van der Waals surface area contributed by atoms with Gasteiger partial charge in [0.1, 0.15) is 0 Å². The number of piperidine rings is 1. The van der Waals surface area contributed by atoms with Crippen LogP contribution in [0.15, 0.2) is 0 Å². The maximum Gasteiger partial charge on any atom is 0.407 e. The lowest BCUT2D eigenvalue weighted by molar-refractivity contribution is -0.141. The molecule has 1 aliphatic heterocycles. The summed E-state index contributed by atoms with van der Waals surface area (Å²) in [4.78, 5) is 25.5. The predicted octanol–water partition coefficient (Wildman–Crippen LogP) is 0.708. The molecule has 110 valence electrons. The summed E-state index contributed by atoms with van der Waals surface area (Å²) < 4.78 is 4.86. The van der Waals surface area contributed by atoms with Crippen LogP contribution in [0.25, 0.3) is 0 Å². The summed E-state index contributed by atoms with van der Waals surface area (Å²) in [5.41, 5.74) is 5.08. The van der Waals surface area contributed by atoms with Gasteiger partial charge in [-0.05, 0) is 33.6 Å². The van der Waals surface area contributed by atoms with Gasteiger partial charge < -0.3 is 20.7 Å². The number of amides is 2. The van der Waals surface area contributed by atoms with Crippen LogP contribution in [0, 0.1) is 5.41 Å². The van der Waals surface area contributed by atoms with Gasteiger partial charge in [0.05, 0.1) is 12.0 Å². The fourth-order valence-electron chi connectivity index (χ4n) is 2.13. The van der Waals surface area contributed by atoms with Gasteiger partial charge in [0.15, 0.2) is 0 Å². The van der Waals surface area contributed by atoms with Crippen LogP contribution < -0.4 is 11.1 Å². The molecule has 0 aromatic rings. The third kappa shape index (κ3) is 4.38. The van der Waals surface area contributed by atoms with Gasteiger partial charge in [-0.25, -0.2) is 4.79 Å². The number of nitrogens with one attached hydrogen (secondary N) is 1. The third-order valence-electron chi connectivity index (χ3n) is 3.40. The Morgan fingerprint density at radius 2 is 2.16 bits per heavy atom. The number of hydrogen-bond donors (Lipinski definition) is 2. The molecule has 19 heavy (non-hydrogen) atoms. The van der Waals surface area contributed by atoms with Gasteiger partial charge in [-0.2, -0.15) is 0 Å². The molecule has 1 fully saturated rings. The van der Waals surface area contributed by atoms with Gasteiger partial charge in [0.25, 0.3) is 0 Å². The Hall–Kier alpha value is -1.30. The van der Waals surface area contributed by atoms with Crippen LogP contribution in [0.5, 0.6) is 0 Å². The highest BCUT2D eigenvalue weighted by atomic mass is 16.5. The van der Waals surface area contributed by atoms with Crippen LogP contribution >= 0.6 is 0 Å². The minimum Gasteiger partial charge on any atom is -0.450 e. The standard InChI is InChI=1S/C13H25N3O3/c1-4-19-12(18)15-10-6-5-7-16(8-10)11(17)13(2,3)9-14/h10H,4-9,14H2,1-3H3,(H,15,18). The molecule has 1 aliphatic rings. The number of carbonyl (C=O) groups excluding carboxylic acids is 2. The van der Waals surface area contributed by atoms with Gasteiger partial charge in [-0.1, -0.05) is 0 Å². The van der Waals surface area contributed by atoms with E-state index in [-0.39, 0.29) is 11.9 Å². The third-order valence-corrected chi connectivity index (χ3v) is 3.40. The normalized spacial score (nSPS) is 20.0. The summed E-state index contributed by atoms with van der Waals surface area (Å²) in [6.07, 6.45) is 1.33. The van der Waals surface area contributed by atoms with Crippen molar-refractivity contribution in [3.8, 4) is 0 Å². The molecular weight excluding hydrogens is 246 g/mol. The van der Waals surface area contributed by atoms with E-state index >= 15 is 0 Å². The molecule has 6 heteroatoms. The van der Waals surface area contributed by atoms with Crippen molar-refractivity contribution in [3.05, 3.63) is 0 Å². The van der Waals surface area contributed by atoms with Crippen molar-refractivity contribution in [1.82, 2.24) is 10.2 Å². The molecular formula is C13H25N3O3. The van der Waals surface area contributed by atoms with Crippen LogP contribution in [0.4, 0.5) is 4.79 Å². The van der Waals surface area contributed by atoms with Gasteiger partial charge in [0.2, 0.25) is 5.91 Å². The maximum atomic E-state index is 12.3. The lowest BCUT2D eigenvalue weighted by Gasteiger charge is -2.37. The minimum absolute atomic E-state index is 0.0367. The van der Waals surface area contributed by atoms with Crippen molar-refractivity contribution in [3.63, 3.8) is 0 Å². The summed E-state index contributed by atoms with van der Waals surface area (Å²) in [5, 5.41) is 2.79. The quantitative estimate of drug-likeness (QED) is 0.788. The molecule has 0 spiro atoms. The first-order chi connectivity index (χ1) is 8.90. The largest absolute Gasteiger partial charge is 0.450 e. The summed E-state index contributed by atoms with van der Waals surface area (Å²) in [5.74, 6) is 0.0466. The second-order valence-electron chi connectivity index (χ2n) is 5.54. The lowest BCUT2D eigenvalue weighted by atomic mass is 9.90. The van der Waals surface area contributed by atoms with Crippen LogP contribution in [0.2, 0.25) is 0 Å². The van der Waals surface area contributed by atoms with E-state index in [2.05, 4.69) is 5.32 Å². The number of carbonyl (C=O) groups is 2. The molecule has 3 N–H and O–H groups in total. The first-order valence-electron chi connectivity index (χ1n) is 6.83. The summed E-state index contributed by atoms with van der Waals surface area (Å²) in [7, 11) is 0. The van der Waals surface area contributed by atoms with Crippen LogP contribution in [0.3, 0.4) is 0 Å². The first kappa shape index (κ1) is 15.8. The van der Waals surface area contributed by atoms with E-state index < -0.39 is 11.5 Å². The molecule has 1 rings (SSSR count). The van der Waals surface area contributed by atoms with Crippen molar-refractivity contribution in [2.24, 2.45) is 11.1 Å². The van der Waals surface area contributed by atoms with Gasteiger partial charge in [0, 0.05) is 25.7 Å². The summed E-state index contributed by atoms with van der Waals surface area (Å²) in [6, 6.07) is -0.0367. The first-order valence-corrected chi connectivity index (χ1v) is 6.83. The molecule has 0 saturated carbocycles. The van der Waals surface area contributed by atoms with E-state index in [1.165, 1.54) is 0 Å². The molecule has 1 unspecified atom stereocenters. The van der Waals surface area contributed by atoms with Crippen molar-refractivity contribution in [2.75, 3.05) is 26.2 Å². The average molecular weight is 271 g/mol. The maximum absolute atomic E-state index is 12.3. The van der Waals surface area contributed by atoms with Crippen molar-refractivity contribution in [1.29, 1.82) is 0 Å². The molecule has 1 saturated heterocycles. The second-order valence-corrected chi connectivity index (χ2v) is 5.54. The summed E-state index contributed by atoms with van der Waals surface area (Å²) in [6.45, 7) is 7.37. The molecule has 1 atom stereocenters. The Kier molecular flexibility index (Phi) is 5.60. The summed E-state index contributed by atoms with van der Waals surface area (Å²) >= 11 is 0. The van der Waals surface area contributed by atoms with E-state index in [0.717, 1.165) is 19.4 Å². The molecule has 0 aromatic carbocycles. The van der Waals surface area contributed by atoms with Crippen LogP contribution in [0.1, 0.15) is 33.6 Å². The van der Waals surface area contributed by atoms with Crippen molar-refractivity contribution in [2.45, 2.75) is 39.7 Å². The zero-order chi connectivity index (χ0) is 14.5. The monoisotopic (exact) mass is 271 g/mol. The highest BCUT2D eigenvalue weighted by Crippen LogP contribution is 2.20. The number of alkyl carbamates (subject to hydrolysis) is 1. The SMILES string of the molecule is CCOC(=O)NC1CCCN(C(=O)C(C)(C)CN)C1. The number of rotatable bonds is 4. The molecule has 6 nitrogen and oxygen atoms in total. The van der Waals surface area contributed by atoms with Gasteiger partial charge in [-0.3, -0.25) is 4.79 Å². The molecule has 0 aromatic heterocycles. The smallest absolute Gasteiger partial charge is 0.407 e. The average Bonchev–Trinajstić information content (AvgIpc) is 2.38. The zero-order valence-electron chi connectivity index (χ0n) is 12.1. The molecule has 0 aliphatic carbocycles. The Morgan fingerprint density at radius 3 is 2.74 bits per heavy atom. The Labute approximate surface area is 114 Å². The minimum atomic E-state index is -0.550. The van der Waals surface area contributed by atoms with Crippen molar-refractivity contribution >= 4 is 12.0 Å². The lowest BCUT2D eigenvalue weighted by Crippen LogP contribution is -2.53. The zero-order valence-corrected chi connectivity index (χ0v) is 12.1. The molecule has 2 amide bonds. The van der Waals surface area contributed by atoms with Crippen LogP contribution in [-0.4, -0.2) is 49.2 Å².